The molecule has 22 heavy (non-hydrogen) atoms. The van der Waals surface area contributed by atoms with Crippen LogP contribution in [0.2, 0.25) is 0 Å². The van der Waals surface area contributed by atoms with Crippen LogP contribution >= 0.6 is 22.6 Å². The number of carbonyl (C=O) groups excluding carboxylic acids is 1. The van der Waals surface area contributed by atoms with E-state index in [1.165, 1.54) is 18.2 Å². The van der Waals surface area contributed by atoms with Gasteiger partial charge in [0.25, 0.3) is 11.5 Å². The lowest BCUT2D eigenvalue weighted by molar-refractivity contribution is -0.137. The molecule has 1 aromatic carbocycles. The van der Waals surface area contributed by atoms with Gasteiger partial charge in [-0.3, -0.25) is 14.2 Å². The van der Waals surface area contributed by atoms with Gasteiger partial charge >= 0.3 is 6.18 Å². The predicted molar refractivity (Wildman–Crippen MR) is 83.0 cm³/mol. The summed E-state index contributed by atoms with van der Waals surface area (Å²) in [5.74, 6) is -0.927. The summed E-state index contributed by atoms with van der Waals surface area (Å²) in [5, 5.41) is 0. The number of rotatable bonds is 2. The number of hydrogen-bond acceptors (Lipinski definition) is 2. The van der Waals surface area contributed by atoms with E-state index in [0.29, 0.717) is 9.26 Å². The highest BCUT2D eigenvalue weighted by molar-refractivity contribution is 14.1. The molecule has 0 spiro atoms. The number of nitrogens with two attached hydrogens (primary N) is 1. The van der Waals surface area contributed by atoms with Crippen LogP contribution < -0.4 is 11.3 Å². The molecule has 4 nitrogen and oxygen atoms in total. The Hall–Kier alpha value is -1.84. The van der Waals surface area contributed by atoms with Crippen molar-refractivity contribution in [3.63, 3.8) is 0 Å². The molecule has 0 saturated heterocycles. The SMILES string of the molecule is Cc1c(I)cc(C(N)=O)c(=O)n1-c1cccc(C(F)(F)F)c1. The molecule has 0 bridgehead atoms. The number of benzene rings is 1. The molecule has 1 amide bonds. The molecule has 0 radical (unpaired) electrons. The lowest BCUT2D eigenvalue weighted by Crippen LogP contribution is -2.30. The third-order valence-corrected chi connectivity index (χ3v) is 4.17. The minimum atomic E-state index is -4.53. The summed E-state index contributed by atoms with van der Waals surface area (Å²) >= 11 is 1.89. The second kappa shape index (κ2) is 5.75. The number of aromatic nitrogens is 1. The van der Waals surface area contributed by atoms with Gasteiger partial charge in [-0.05, 0) is 53.8 Å². The Balaban J connectivity index is 2.78. The number of halogens is 4. The van der Waals surface area contributed by atoms with Crippen LogP contribution in [-0.4, -0.2) is 10.5 Å². The highest BCUT2D eigenvalue weighted by Crippen LogP contribution is 2.30. The molecule has 2 aromatic rings. The number of amides is 1. The van der Waals surface area contributed by atoms with Gasteiger partial charge in [-0.2, -0.15) is 13.2 Å². The Kier molecular flexibility index (Phi) is 4.32. The van der Waals surface area contributed by atoms with E-state index in [1.807, 2.05) is 22.6 Å². The molecule has 116 valence electrons. The molecule has 0 aliphatic carbocycles. The third-order valence-electron chi connectivity index (χ3n) is 3.08. The molecule has 0 saturated carbocycles. The van der Waals surface area contributed by atoms with E-state index in [0.717, 1.165) is 16.7 Å². The molecule has 0 aliphatic heterocycles. The van der Waals surface area contributed by atoms with E-state index in [-0.39, 0.29) is 11.3 Å². The van der Waals surface area contributed by atoms with Crippen LogP contribution in [0.5, 0.6) is 0 Å². The van der Waals surface area contributed by atoms with Crippen molar-refractivity contribution in [1.82, 2.24) is 4.57 Å². The summed E-state index contributed by atoms with van der Waals surface area (Å²) in [6.07, 6.45) is -4.53. The molecule has 1 heterocycles. The van der Waals surface area contributed by atoms with Gasteiger partial charge in [-0.15, -0.1) is 0 Å². The summed E-state index contributed by atoms with van der Waals surface area (Å²) in [6, 6.07) is 5.66. The topological polar surface area (TPSA) is 65.1 Å². The number of primary amides is 1. The zero-order valence-electron chi connectivity index (χ0n) is 11.2. The van der Waals surface area contributed by atoms with Gasteiger partial charge in [0.15, 0.2) is 0 Å². The zero-order valence-corrected chi connectivity index (χ0v) is 13.4. The van der Waals surface area contributed by atoms with Crippen molar-refractivity contribution in [3.8, 4) is 5.69 Å². The molecule has 8 heteroatoms. The first-order chi connectivity index (χ1) is 10.1. The molecule has 0 atom stereocenters. The molecule has 1 aromatic heterocycles. The summed E-state index contributed by atoms with van der Waals surface area (Å²) in [6.45, 7) is 1.58. The van der Waals surface area contributed by atoms with Crippen molar-refractivity contribution in [1.29, 1.82) is 0 Å². The first-order valence-corrected chi connectivity index (χ1v) is 7.10. The van der Waals surface area contributed by atoms with Gasteiger partial charge in [-0.1, -0.05) is 6.07 Å². The molecule has 0 fully saturated rings. The second-order valence-electron chi connectivity index (χ2n) is 4.54. The molecule has 0 unspecified atom stereocenters. The molecule has 2 rings (SSSR count). The third kappa shape index (κ3) is 3.01. The van der Waals surface area contributed by atoms with Gasteiger partial charge in [-0.25, -0.2) is 0 Å². The Bertz CT molecular complexity index is 813. The van der Waals surface area contributed by atoms with Gasteiger partial charge in [0.05, 0.1) is 5.56 Å². The van der Waals surface area contributed by atoms with E-state index in [2.05, 4.69) is 0 Å². The smallest absolute Gasteiger partial charge is 0.365 e. The number of nitrogens with zero attached hydrogens (tertiary/aromatic N) is 1. The summed E-state index contributed by atoms with van der Waals surface area (Å²) in [4.78, 5) is 23.6. The number of pyridine rings is 1. The average molecular weight is 422 g/mol. The standard InChI is InChI=1S/C14H10F3IN2O2/c1-7-11(18)6-10(12(19)21)13(22)20(7)9-4-2-3-8(5-9)14(15,16)17/h2-6H,1H3,(H2,19,21). The number of hydrogen-bond donors (Lipinski definition) is 1. The lowest BCUT2D eigenvalue weighted by Gasteiger charge is -2.15. The lowest BCUT2D eigenvalue weighted by atomic mass is 10.1. The van der Waals surface area contributed by atoms with Crippen molar-refractivity contribution < 1.29 is 18.0 Å². The Labute approximate surface area is 136 Å². The zero-order chi connectivity index (χ0) is 16.7. The van der Waals surface area contributed by atoms with E-state index in [4.69, 9.17) is 5.73 Å². The van der Waals surface area contributed by atoms with Gasteiger partial charge in [0.1, 0.15) is 5.56 Å². The minimum Gasteiger partial charge on any atom is -0.365 e. The average Bonchev–Trinajstić information content (AvgIpc) is 2.42. The summed E-state index contributed by atoms with van der Waals surface area (Å²) < 4.78 is 40.0. The minimum absolute atomic E-state index is 0.0262. The normalized spacial score (nSPS) is 11.5. The van der Waals surface area contributed by atoms with Crippen LogP contribution in [0.1, 0.15) is 21.6 Å². The van der Waals surface area contributed by atoms with E-state index >= 15 is 0 Å². The predicted octanol–water partition coefficient (Wildman–Crippen LogP) is 2.87. The summed E-state index contributed by atoms with van der Waals surface area (Å²) in [7, 11) is 0. The van der Waals surface area contributed by atoms with Gasteiger partial charge in [0.2, 0.25) is 0 Å². The largest absolute Gasteiger partial charge is 0.416 e. The Morgan fingerprint density at radius 1 is 1.27 bits per heavy atom. The van der Waals surface area contributed by atoms with Crippen molar-refractivity contribution in [2.24, 2.45) is 5.73 Å². The first-order valence-electron chi connectivity index (χ1n) is 6.02. The van der Waals surface area contributed by atoms with Crippen LogP contribution in [0.25, 0.3) is 5.69 Å². The van der Waals surface area contributed by atoms with E-state index < -0.39 is 23.2 Å². The molecule has 0 aliphatic rings. The highest BCUT2D eigenvalue weighted by Gasteiger charge is 2.30. The maximum Gasteiger partial charge on any atom is 0.416 e. The number of carbonyl (C=O) groups is 1. The van der Waals surface area contributed by atoms with Crippen LogP contribution in [0.3, 0.4) is 0 Å². The van der Waals surface area contributed by atoms with Crippen LogP contribution in [0, 0.1) is 10.5 Å². The fourth-order valence-electron chi connectivity index (χ4n) is 1.98. The van der Waals surface area contributed by atoms with Crippen LogP contribution in [-0.2, 0) is 6.18 Å². The van der Waals surface area contributed by atoms with Crippen LogP contribution in [0.4, 0.5) is 13.2 Å². The van der Waals surface area contributed by atoms with Crippen molar-refractivity contribution in [3.05, 3.63) is 61.1 Å². The molecular formula is C14H10F3IN2O2. The second-order valence-corrected chi connectivity index (χ2v) is 5.71. The summed E-state index contributed by atoms with van der Waals surface area (Å²) in [5.41, 5.74) is 3.70. The monoisotopic (exact) mass is 422 g/mol. The number of alkyl halides is 3. The molecule has 2 N–H and O–H groups in total. The van der Waals surface area contributed by atoms with E-state index in [9.17, 15) is 22.8 Å². The molecular weight excluding hydrogens is 412 g/mol. The Morgan fingerprint density at radius 2 is 1.91 bits per heavy atom. The fourth-order valence-corrected chi connectivity index (χ4v) is 2.53. The quantitative estimate of drug-likeness (QED) is 0.757. The van der Waals surface area contributed by atoms with Crippen LogP contribution in [0.15, 0.2) is 35.1 Å². The maximum absolute atomic E-state index is 12.8. The van der Waals surface area contributed by atoms with Crippen molar-refractivity contribution in [2.45, 2.75) is 13.1 Å². The highest BCUT2D eigenvalue weighted by atomic mass is 127. The fraction of sp³-hybridized carbons (Fsp3) is 0.143. The van der Waals surface area contributed by atoms with Crippen molar-refractivity contribution in [2.75, 3.05) is 0 Å². The Morgan fingerprint density at radius 3 is 2.45 bits per heavy atom. The van der Waals surface area contributed by atoms with E-state index in [1.54, 1.807) is 6.92 Å². The maximum atomic E-state index is 12.8. The first kappa shape index (κ1) is 16.5. The van der Waals surface area contributed by atoms with Gasteiger partial charge in [0, 0.05) is 15.0 Å². The van der Waals surface area contributed by atoms with Crippen molar-refractivity contribution >= 4 is 28.5 Å². The van der Waals surface area contributed by atoms with Gasteiger partial charge < -0.3 is 5.73 Å².